The average Bonchev–Trinajstić information content (AvgIpc) is 2.47. The summed E-state index contributed by atoms with van der Waals surface area (Å²) < 4.78 is 1.62. The van der Waals surface area contributed by atoms with Gasteiger partial charge in [0.2, 0.25) is 0 Å². The maximum Gasteiger partial charge on any atom is 0.293 e. The van der Waals surface area contributed by atoms with Gasteiger partial charge in [-0.3, -0.25) is 4.79 Å². The van der Waals surface area contributed by atoms with Crippen LogP contribution in [0.25, 0.3) is 0 Å². The quantitative estimate of drug-likeness (QED) is 0.855. The van der Waals surface area contributed by atoms with Crippen molar-refractivity contribution < 1.29 is 0 Å². The Hall–Kier alpha value is -1.81. The maximum absolute atomic E-state index is 11.9. The first-order chi connectivity index (χ1) is 9.24. The van der Waals surface area contributed by atoms with Crippen molar-refractivity contribution in [1.29, 1.82) is 0 Å². The van der Waals surface area contributed by atoms with E-state index in [-0.39, 0.29) is 5.56 Å². The van der Waals surface area contributed by atoms with Gasteiger partial charge < -0.3 is 9.88 Å². The van der Waals surface area contributed by atoms with Crippen molar-refractivity contribution in [3.8, 4) is 0 Å². The summed E-state index contributed by atoms with van der Waals surface area (Å²) in [7, 11) is 0. The number of rotatable bonds is 5. The number of hydrogen-bond acceptors (Lipinski definition) is 3. The molecular formula is C14H16ClN3O. The molecule has 1 heterocycles. The van der Waals surface area contributed by atoms with Gasteiger partial charge in [0.1, 0.15) is 0 Å². The molecule has 2 aromatic rings. The Morgan fingerprint density at radius 2 is 1.95 bits per heavy atom. The highest BCUT2D eigenvalue weighted by molar-refractivity contribution is 6.17. The fourth-order valence-corrected chi connectivity index (χ4v) is 1.93. The summed E-state index contributed by atoms with van der Waals surface area (Å²) in [5.41, 5.74) is 2.07. The number of anilines is 1. The molecule has 0 spiro atoms. The third-order valence-corrected chi connectivity index (χ3v) is 3.20. The molecule has 0 aliphatic rings. The number of hydrogen-bond donors (Lipinski definition) is 1. The number of aryl methyl sites for hydroxylation is 1. The van der Waals surface area contributed by atoms with E-state index in [1.165, 1.54) is 0 Å². The van der Waals surface area contributed by atoms with Crippen LogP contribution in [0.5, 0.6) is 0 Å². The third-order valence-electron chi connectivity index (χ3n) is 2.89. The van der Waals surface area contributed by atoms with Crippen LogP contribution in [-0.2, 0) is 19.0 Å². The van der Waals surface area contributed by atoms with E-state index in [0.29, 0.717) is 24.8 Å². The minimum absolute atomic E-state index is 0.0950. The molecule has 19 heavy (non-hydrogen) atoms. The topological polar surface area (TPSA) is 46.9 Å². The van der Waals surface area contributed by atoms with E-state index in [9.17, 15) is 4.79 Å². The Labute approximate surface area is 117 Å². The molecule has 0 saturated carbocycles. The number of benzene rings is 1. The molecule has 0 unspecified atom stereocenters. The second-order valence-electron chi connectivity index (χ2n) is 4.17. The van der Waals surface area contributed by atoms with E-state index in [1.54, 1.807) is 17.0 Å². The third kappa shape index (κ3) is 3.35. The van der Waals surface area contributed by atoms with Crippen molar-refractivity contribution in [2.45, 2.75) is 25.9 Å². The van der Waals surface area contributed by atoms with Gasteiger partial charge >= 0.3 is 0 Å². The highest BCUT2D eigenvalue weighted by Gasteiger charge is 2.03. The average molecular weight is 278 g/mol. The fraction of sp³-hybridized carbons (Fsp3) is 0.286. The standard InChI is InChI=1S/C14H16ClN3O/c1-2-18-8-7-16-13(14(18)19)17-10-12-5-3-11(9-15)4-6-12/h3-8H,2,9-10H2,1H3,(H,16,17). The van der Waals surface area contributed by atoms with Crippen LogP contribution in [0.2, 0.25) is 0 Å². The lowest BCUT2D eigenvalue weighted by Gasteiger charge is -2.07. The number of nitrogens with zero attached hydrogens (tertiary/aromatic N) is 2. The summed E-state index contributed by atoms with van der Waals surface area (Å²) in [4.78, 5) is 16.0. The molecule has 0 amide bonds. The lowest BCUT2D eigenvalue weighted by atomic mass is 10.1. The largest absolute Gasteiger partial charge is 0.361 e. The molecule has 2 rings (SSSR count). The molecule has 0 atom stereocenters. The van der Waals surface area contributed by atoms with E-state index >= 15 is 0 Å². The van der Waals surface area contributed by atoms with Crippen LogP contribution < -0.4 is 10.9 Å². The van der Waals surface area contributed by atoms with Crippen molar-refractivity contribution in [2.24, 2.45) is 0 Å². The minimum Gasteiger partial charge on any atom is -0.361 e. The van der Waals surface area contributed by atoms with Crippen molar-refractivity contribution in [1.82, 2.24) is 9.55 Å². The molecule has 4 nitrogen and oxygen atoms in total. The molecule has 0 aliphatic carbocycles. The lowest BCUT2D eigenvalue weighted by molar-refractivity contribution is 0.718. The zero-order valence-corrected chi connectivity index (χ0v) is 11.5. The zero-order valence-electron chi connectivity index (χ0n) is 10.8. The summed E-state index contributed by atoms with van der Waals surface area (Å²) in [6.45, 7) is 3.13. The Bertz CT molecular complexity index is 592. The van der Waals surface area contributed by atoms with E-state index in [0.717, 1.165) is 11.1 Å². The van der Waals surface area contributed by atoms with Crippen molar-refractivity contribution in [3.05, 3.63) is 58.1 Å². The van der Waals surface area contributed by atoms with Crippen LogP contribution in [0.4, 0.5) is 5.82 Å². The van der Waals surface area contributed by atoms with Crippen LogP contribution in [0.3, 0.4) is 0 Å². The van der Waals surface area contributed by atoms with Gasteiger partial charge in [0.25, 0.3) is 5.56 Å². The second kappa shape index (κ2) is 6.38. The van der Waals surface area contributed by atoms with Crippen LogP contribution >= 0.6 is 11.6 Å². The Balaban J connectivity index is 2.08. The summed E-state index contributed by atoms with van der Waals surface area (Å²) in [6, 6.07) is 7.94. The van der Waals surface area contributed by atoms with E-state index in [2.05, 4.69) is 10.3 Å². The van der Waals surface area contributed by atoms with Crippen molar-refractivity contribution in [3.63, 3.8) is 0 Å². The zero-order chi connectivity index (χ0) is 13.7. The second-order valence-corrected chi connectivity index (χ2v) is 4.44. The number of nitrogens with one attached hydrogen (secondary N) is 1. The Morgan fingerprint density at radius 1 is 1.26 bits per heavy atom. The van der Waals surface area contributed by atoms with Crippen LogP contribution in [0.1, 0.15) is 18.1 Å². The first kappa shape index (κ1) is 13.6. The molecule has 0 bridgehead atoms. The van der Waals surface area contributed by atoms with Gasteiger partial charge in [-0.15, -0.1) is 11.6 Å². The van der Waals surface area contributed by atoms with Gasteiger partial charge in [-0.1, -0.05) is 24.3 Å². The van der Waals surface area contributed by atoms with Crippen molar-refractivity contribution in [2.75, 3.05) is 5.32 Å². The summed E-state index contributed by atoms with van der Waals surface area (Å²) in [6.07, 6.45) is 3.31. The molecule has 5 heteroatoms. The molecule has 0 fully saturated rings. The van der Waals surface area contributed by atoms with Gasteiger partial charge in [-0.05, 0) is 18.1 Å². The van der Waals surface area contributed by atoms with E-state index in [1.807, 2.05) is 31.2 Å². The molecule has 0 aliphatic heterocycles. The molecule has 1 N–H and O–H groups in total. The summed E-state index contributed by atoms with van der Waals surface area (Å²) in [5, 5.41) is 3.06. The molecule has 1 aromatic carbocycles. The van der Waals surface area contributed by atoms with Gasteiger partial charge in [0, 0.05) is 31.4 Å². The van der Waals surface area contributed by atoms with Crippen LogP contribution in [0, 0.1) is 0 Å². The first-order valence-electron chi connectivity index (χ1n) is 6.17. The Kier molecular flexibility index (Phi) is 4.58. The van der Waals surface area contributed by atoms with Gasteiger partial charge in [0.15, 0.2) is 5.82 Å². The van der Waals surface area contributed by atoms with Crippen LogP contribution in [0.15, 0.2) is 41.5 Å². The molecule has 1 aromatic heterocycles. The summed E-state index contributed by atoms with van der Waals surface area (Å²) >= 11 is 5.74. The number of alkyl halides is 1. The highest BCUT2D eigenvalue weighted by atomic mass is 35.5. The molecule has 0 radical (unpaired) electrons. The highest BCUT2D eigenvalue weighted by Crippen LogP contribution is 2.08. The van der Waals surface area contributed by atoms with Gasteiger partial charge in [-0.25, -0.2) is 4.98 Å². The molecule has 100 valence electrons. The maximum atomic E-state index is 11.9. The SMILES string of the molecule is CCn1ccnc(NCc2ccc(CCl)cc2)c1=O. The van der Waals surface area contributed by atoms with Crippen molar-refractivity contribution >= 4 is 17.4 Å². The normalized spacial score (nSPS) is 10.4. The molecule has 0 saturated heterocycles. The van der Waals surface area contributed by atoms with Gasteiger partial charge in [0.05, 0.1) is 0 Å². The first-order valence-corrected chi connectivity index (χ1v) is 6.71. The molecular weight excluding hydrogens is 262 g/mol. The smallest absolute Gasteiger partial charge is 0.293 e. The Morgan fingerprint density at radius 3 is 2.58 bits per heavy atom. The monoisotopic (exact) mass is 277 g/mol. The minimum atomic E-state index is -0.0950. The van der Waals surface area contributed by atoms with E-state index < -0.39 is 0 Å². The number of halogens is 1. The predicted molar refractivity (Wildman–Crippen MR) is 77.5 cm³/mol. The van der Waals surface area contributed by atoms with E-state index in [4.69, 9.17) is 11.6 Å². The lowest BCUT2D eigenvalue weighted by Crippen LogP contribution is -2.23. The predicted octanol–water partition coefficient (Wildman–Crippen LogP) is 2.61. The number of aromatic nitrogens is 2. The van der Waals surface area contributed by atoms with Gasteiger partial charge in [-0.2, -0.15) is 0 Å². The fourth-order valence-electron chi connectivity index (χ4n) is 1.75. The summed E-state index contributed by atoms with van der Waals surface area (Å²) in [5.74, 6) is 0.889. The van der Waals surface area contributed by atoms with Crippen LogP contribution in [-0.4, -0.2) is 9.55 Å².